The number of carbonyl (C=O) groups excluding carboxylic acids is 2. The highest BCUT2D eigenvalue weighted by molar-refractivity contribution is 7.99. The lowest BCUT2D eigenvalue weighted by molar-refractivity contribution is -0.113. The summed E-state index contributed by atoms with van der Waals surface area (Å²) < 4.78 is 7.93. The third-order valence-corrected chi connectivity index (χ3v) is 8.34. The Labute approximate surface area is 206 Å². The zero-order chi connectivity index (χ0) is 23.5. The Kier molecular flexibility index (Phi) is 6.98. The minimum absolute atomic E-state index is 0.130. The monoisotopic (exact) mass is 497 g/mol. The number of carbonyl (C=O) groups is 2. The molecule has 3 aromatic rings. The van der Waals surface area contributed by atoms with Gasteiger partial charge in [-0.3, -0.25) is 9.59 Å². The van der Waals surface area contributed by atoms with E-state index >= 15 is 0 Å². The van der Waals surface area contributed by atoms with Crippen molar-refractivity contribution in [1.29, 1.82) is 0 Å². The Balaban J connectivity index is 1.29. The lowest BCUT2D eigenvalue weighted by atomic mass is 10.1. The average molecular weight is 498 g/mol. The van der Waals surface area contributed by atoms with Gasteiger partial charge in [-0.1, -0.05) is 42.1 Å². The van der Waals surface area contributed by atoms with Gasteiger partial charge in [-0.2, -0.15) is 0 Å². The number of amides is 2. The molecule has 0 spiro atoms. The van der Waals surface area contributed by atoms with Crippen molar-refractivity contribution in [3.63, 3.8) is 0 Å². The summed E-state index contributed by atoms with van der Waals surface area (Å²) in [7, 11) is 0. The molecule has 1 aliphatic heterocycles. The molecular weight excluding hydrogens is 470 g/mol. The number of benzene rings is 1. The molecular formula is C24H27N5O3S2. The highest BCUT2D eigenvalue weighted by Crippen LogP contribution is 2.39. The first-order valence-corrected chi connectivity index (χ1v) is 13.3. The molecule has 1 saturated heterocycles. The second kappa shape index (κ2) is 10.3. The predicted octanol–water partition coefficient (Wildman–Crippen LogP) is 3.43. The van der Waals surface area contributed by atoms with E-state index in [9.17, 15) is 9.59 Å². The van der Waals surface area contributed by atoms with Gasteiger partial charge >= 0.3 is 0 Å². The fourth-order valence-corrected chi connectivity index (χ4v) is 6.63. The normalized spacial score (nSPS) is 17.1. The number of hydrogen-bond acceptors (Lipinski definition) is 7. The summed E-state index contributed by atoms with van der Waals surface area (Å²) in [5.41, 5.74) is 8.25. The number of nitrogens with zero attached hydrogens (tertiary/aromatic N) is 3. The number of hydrogen-bond donors (Lipinski definition) is 2. The molecule has 3 heterocycles. The summed E-state index contributed by atoms with van der Waals surface area (Å²) in [5, 5.41) is 13.0. The van der Waals surface area contributed by atoms with E-state index in [1.165, 1.54) is 23.1 Å². The van der Waals surface area contributed by atoms with Crippen molar-refractivity contribution in [2.75, 3.05) is 17.7 Å². The van der Waals surface area contributed by atoms with Crippen molar-refractivity contribution >= 4 is 39.9 Å². The van der Waals surface area contributed by atoms with Crippen LogP contribution in [0.2, 0.25) is 0 Å². The molecule has 1 atom stereocenters. The van der Waals surface area contributed by atoms with Crippen LogP contribution in [0.5, 0.6) is 0 Å². The lowest BCUT2D eigenvalue weighted by Gasteiger charge is -2.14. The molecule has 2 aromatic heterocycles. The van der Waals surface area contributed by atoms with E-state index < -0.39 is 5.91 Å². The van der Waals surface area contributed by atoms with Crippen molar-refractivity contribution in [1.82, 2.24) is 14.8 Å². The highest BCUT2D eigenvalue weighted by Gasteiger charge is 2.26. The molecule has 0 unspecified atom stereocenters. The van der Waals surface area contributed by atoms with Gasteiger partial charge in [0.25, 0.3) is 5.91 Å². The third kappa shape index (κ3) is 5.03. The maximum absolute atomic E-state index is 12.8. The largest absolute Gasteiger partial charge is 0.376 e. The Bertz CT molecular complexity index is 1180. The van der Waals surface area contributed by atoms with E-state index in [0.29, 0.717) is 28.7 Å². The van der Waals surface area contributed by atoms with Crippen LogP contribution in [0.1, 0.15) is 51.4 Å². The molecule has 34 heavy (non-hydrogen) atoms. The number of anilines is 1. The first kappa shape index (κ1) is 23.1. The minimum atomic E-state index is -0.482. The quantitative estimate of drug-likeness (QED) is 0.438. The van der Waals surface area contributed by atoms with Crippen LogP contribution >= 0.6 is 23.1 Å². The number of thioether (sulfide) groups is 1. The lowest BCUT2D eigenvalue weighted by Crippen LogP contribution is -2.20. The molecule has 8 nitrogen and oxygen atoms in total. The number of aryl methyl sites for hydroxylation is 1. The average Bonchev–Trinajstić information content (AvgIpc) is 3.60. The number of nitrogens with one attached hydrogen (secondary N) is 1. The van der Waals surface area contributed by atoms with Gasteiger partial charge in [0.2, 0.25) is 5.91 Å². The molecule has 0 bridgehead atoms. The van der Waals surface area contributed by atoms with Crippen LogP contribution < -0.4 is 11.1 Å². The van der Waals surface area contributed by atoms with Gasteiger partial charge in [-0.15, -0.1) is 21.5 Å². The summed E-state index contributed by atoms with van der Waals surface area (Å²) in [6, 6.07) is 10.2. The zero-order valence-corrected chi connectivity index (χ0v) is 20.4. The first-order chi connectivity index (χ1) is 16.6. The second-order valence-electron chi connectivity index (χ2n) is 8.57. The number of nitrogens with two attached hydrogens (primary N) is 1. The van der Waals surface area contributed by atoms with Crippen molar-refractivity contribution in [3.05, 3.63) is 57.7 Å². The summed E-state index contributed by atoms with van der Waals surface area (Å²) in [6.07, 6.45) is 5.65. The molecule has 3 N–H and O–H groups in total. The van der Waals surface area contributed by atoms with E-state index in [1.807, 2.05) is 18.2 Å². The molecule has 0 radical (unpaired) electrons. The molecule has 1 aliphatic carbocycles. The Morgan fingerprint density at radius 3 is 2.82 bits per heavy atom. The van der Waals surface area contributed by atoms with Gasteiger partial charge in [0.05, 0.1) is 24.0 Å². The highest BCUT2D eigenvalue weighted by atomic mass is 32.2. The maximum atomic E-state index is 12.8. The van der Waals surface area contributed by atoms with E-state index in [4.69, 9.17) is 10.5 Å². The summed E-state index contributed by atoms with van der Waals surface area (Å²) in [4.78, 5) is 25.9. The van der Waals surface area contributed by atoms with Crippen molar-refractivity contribution in [2.45, 2.75) is 56.3 Å². The molecule has 178 valence electrons. The molecule has 5 rings (SSSR count). The maximum Gasteiger partial charge on any atom is 0.251 e. The van der Waals surface area contributed by atoms with E-state index in [0.717, 1.165) is 60.5 Å². The fraction of sp³-hybridized carbons (Fsp3) is 0.417. The zero-order valence-electron chi connectivity index (χ0n) is 18.8. The van der Waals surface area contributed by atoms with Crippen LogP contribution in [0.3, 0.4) is 0 Å². The number of primary amides is 1. The van der Waals surface area contributed by atoms with Gasteiger partial charge in [0, 0.05) is 17.9 Å². The smallest absolute Gasteiger partial charge is 0.251 e. The van der Waals surface area contributed by atoms with E-state index in [-0.39, 0.29) is 17.8 Å². The van der Waals surface area contributed by atoms with Crippen LogP contribution in [0.4, 0.5) is 5.00 Å². The Morgan fingerprint density at radius 2 is 2.06 bits per heavy atom. The van der Waals surface area contributed by atoms with Gasteiger partial charge < -0.3 is 20.4 Å². The topological polar surface area (TPSA) is 112 Å². The van der Waals surface area contributed by atoms with Crippen molar-refractivity contribution < 1.29 is 14.3 Å². The van der Waals surface area contributed by atoms with Gasteiger partial charge in [0.1, 0.15) is 10.8 Å². The van der Waals surface area contributed by atoms with Crippen molar-refractivity contribution in [3.8, 4) is 0 Å². The molecule has 2 amide bonds. The Morgan fingerprint density at radius 1 is 1.21 bits per heavy atom. The second-order valence-corrected chi connectivity index (χ2v) is 10.6. The predicted molar refractivity (Wildman–Crippen MR) is 132 cm³/mol. The molecule has 1 fully saturated rings. The standard InChI is InChI=1S/C24H27N5O3S2/c25-22(31)21-17-9-4-10-18(17)34-23(21)26-20(30)14-33-24-28-27-19(12-15-6-2-1-3-7-15)29(24)13-16-8-5-11-32-16/h1-3,6-7,16H,4-5,8-14H2,(H2,25,31)(H,26,30)/t16-/m1/s1. The summed E-state index contributed by atoms with van der Waals surface area (Å²) >= 11 is 2.81. The third-order valence-electron chi connectivity index (χ3n) is 6.16. The van der Waals surface area contributed by atoms with Crippen molar-refractivity contribution in [2.24, 2.45) is 5.73 Å². The van der Waals surface area contributed by atoms with Gasteiger partial charge in [-0.25, -0.2) is 0 Å². The fourth-order valence-electron chi connectivity index (χ4n) is 4.56. The number of aromatic nitrogens is 3. The first-order valence-electron chi connectivity index (χ1n) is 11.5. The minimum Gasteiger partial charge on any atom is -0.376 e. The van der Waals surface area contributed by atoms with Gasteiger partial charge in [0.15, 0.2) is 5.16 Å². The number of thiophene rings is 1. The van der Waals surface area contributed by atoms with E-state index in [2.05, 4.69) is 32.2 Å². The number of ether oxygens (including phenoxy) is 1. The SMILES string of the molecule is NC(=O)c1c(NC(=O)CSc2nnc(Cc3ccccc3)n2C[C@H]2CCCO2)sc2c1CCC2. The summed E-state index contributed by atoms with van der Waals surface area (Å²) in [6.45, 7) is 1.45. The van der Waals surface area contributed by atoms with Gasteiger partial charge in [-0.05, 0) is 43.2 Å². The number of fused-ring (bicyclic) bond motifs is 1. The number of rotatable bonds is 9. The van der Waals surface area contributed by atoms with Crippen LogP contribution in [-0.4, -0.2) is 45.0 Å². The Hall–Kier alpha value is -2.69. The molecule has 1 aromatic carbocycles. The van der Waals surface area contributed by atoms with Crippen LogP contribution in [0, 0.1) is 0 Å². The van der Waals surface area contributed by atoms with Crippen LogP contribution in [0.15, 0.2) is 35.5 Å². The van der Waals surface area contributed by atoms with Crippen LogP contribution in [0.25, 0.3) is 0 Å². The molecule has 10 heteroatoms. The summed E-state index contributed by atoms with van der Waals surface area (Å²) in [5.74, 6) is 0.346. The van der Waals surface area contributed by atoms with Crippen LogP contribution in [-0.2, 0) is 35.3 Å². The molecule has 0 saturated carbocycles. The van der Waals surface area contributed by atoms with E-state index in [1.54, 1.807) is 0 Å². The molecule has 2 aliphatic rings.